The Morgan fingerprint density at radius 2 is 2.05 bits per heavy atom. The van der Waals surface area contributed by atoms with Crippen molar-refractivity contribution in [2.24, 2.45) is 0 Å². The standard InChI is InChI=1S/C17H22BrNO2/c1-11(2)16-8-14(18)5-6-17(16)20-10-15-7-13(9-19-4)12(3)21-15/h5-8,11,19H,9-10H2,1-4H3. The van der Waals surface area contributed by atoms with Gasteiger partial charge in [0.1, 0.15) is 23.9 Å². The fourth-order valence-electron chi connectivity index (χ4n) is 2.28. The molecule has 1 aromatic carbocycles. The quantitative estimate of drug-likeness (QED) is 0.813. The first-order valence-corrected chi connectivity index (χ1v) is 7.95. The highest BCUT2D eigenvalue weighted by Crippen LogP contribution is 2.30. The lowest BCUT2D eigenvalue weighted by atomic mass is 10.0. The summed E-state index contributed by atoms with van der Waals surface area (Å²) >= 11 is 3.51. The highest BCUT2D eigenvalue weighted by atomic mass is 79.9. The molecule has 114 valence electrons. The van der Waals surface area contributed by atoms with Crippen LogP contribution in [0, 0.1) is 6.92 Å². The Kier molecular flexibility index (Phi) is 5.48. The lowest BCUT2D eigenvalue weighted by molar-refractivity contribution is 0.264. The Labute approximate surface area is 134 Å². The van der Waals surface area contributed by atoms with Crippen LogP contribution in [0.25, 0.3) is 0 Å². The van der Waals surface area contributed by atoms with E-state index in [0.717, 1.165) is 28.3 Å². The van der Waals surface area contributed by atoms with Crippen molar-refractivity contribution < 1.29 is 9.15 Å². The van der Waals surface area contributed by atoms with E-state index in [2.05, 4.69) is 47.2 Å². The third-order valence-electron chi connectivity index (χ3n) is 3.40. The van der Waals surface area contributed by atoms with Gasteiger partial charge in [0.05, 0.1) is 0 Å². The molecule has 0 bridgehead atoms. The molecule has 0 fully saturated rings. The molecule has 1 heterocycles. The monoisotopic (exact) mass is 351 g/mol. The zero-order chi connectivity index (χ0) is 15.4. The van der Waals surface area contributed by atoms with Gasteiger partial charge in [0.2, 0.25) is 0 Å². The molecule has 2 aromatic rings. The minimum absolute atomic E-state index is 0.413. The molecule has 21 heavy (non-hydrogen) atoms. The third kappa shape index (κ3) is 4.11. The summed E-state index contributed by atoms with van der Waals surface area (Å²) in [6.45, 7) is 7.57. The largest absolute Gasteiger partial charge is 0.485 e. The van der Waals surface area contributed by atoms with E-state index in [4.69, 9.17) is 9.15 Å². The number of hydrogen-bond acceptors (Lipinski definition) is 3. The van der Waals surface area contributed by atoms with Crippen molar-refractivity contribution in [3.8, 4) is 5.75 Å². The van der Waals surface area contributed by atoms with Crippen molar-refractivity contribution in [3.63, 3.8) is 0 Å². The van der Waals surface area contributed by atoms with E-state index in [1.54, 1.807) is 0 Å². The smallest absolute Gasteiger partial charge is 0.146 e. The van der Waals surface area contributed by atoms with Gasteiger partial charge in [-0.15, -0.1) is 0 Å². The molecule has 1 aromatic heterocycles. The zero-order valence-electron chi connectivity index (χ0n) is 13.0. The van der Waals surface area contributed by atoms with Crippen LogP contribution in [-0.2, 0) is 13.2 Å². The van der Waals surface area contributed by atoms with Gasteiger partial charge in [0.25, 0.3) is 0 Å². The molecule has 0 saturated heterocycles. The lowest BCUT2D eigenvalue weighted by Crippen LogP contribution is -2.04. The Morgan fingerprint density at radius 1 is 1.29 bits per heavy atom. The normalized spacial score (nSPS) is 11.1. The molecular weight excluding hydrogens is 330 g/mol. The molecule has 3 nitrogen and oxygen atoms in total. The van der Waals surface area contributed by atoms with Gasteiger partial charge in [-0.3, -0.25) is 0 Å². The topological polar surface area (TPSA) is 34.4 Å². The van der Waals surface area contributed by atoms with Crippen LogP contribution in [0.2, 0.25) is 0 Å². The predicted molar refractivity (Wildman–Crippen MR) is 88.8 cm³/mol. The SMILES string of the molecule is CNCc1cc(COc2ccc(Br)cc2C(C)C)oc1C. The number of furan rings is 1. The molecule has 0 amide bonds. The van der Waals surface area contributed by atoms with Crippen molar-refractivity contribution in [2.45, 2.75) is 39.8 Å². The number of halogens is 1. The maximum absolute atomic E-state index is 5.95. The number of aryl methyl sites for hydroxylation is 1. The number of ether oxygens (including phenoxy) is 1. The molecule has 0 aliphatic rings. The van der Waals surface area contributed by atoms with Gasteiger partial charge in [0, 0.05) is 16.6 Å². The van der Waals surface area contributed by atoms with Gasteiger partial charge in [-0.2, -0.15) is 0 Å². The van der Waals surface area contributed by atoms with Gasteiger partial charge < -0.3 is 14.5 Å². The first-order chi connectivity index (χ1) is 10.0. The summed E-state index contributed by atoms with van der Waals surface area (Å²) in [6, 6.07) is 8.17. The second-order valence-electron chi connectivity index (χ2n) is 5.45. The second-order valence-corrected chi connectivity index (χ2v) is 6.37. The minimum Gasteiger partial charge on any atom is -0.485 e. The molecule has 0 saturated carbocycles. The maximum atomic E-state index is 5.95. The molecular formula is C17H22BrNO2. The number of hydrogen-bond donors (Lipinski definition) is 1. The van der Waals surface area contributed by atoms with Crippen LogP contribution in [-0.4, -0.2) is 7.05 Å². The van der Waals surface area contributed by atoms with Crippen LogP contribution in [0.4, 0.5) is 0 Å². The van der Waals surface area contributed by atoms with E-state index in [-0.39, 0.29) is 0 Å². The Balaban J connectivity index is 2.11. The second kappa shape index (κ2) is 7.14. The summed E-state index contributed by atoms with van der Waals surface area (Å²) in [7, 11) is 1.93. The Bertz CT molecular complexity index is 605. The van der Waals surface area contributed by atoms with E-state index in [1.807, 2.05) is 26.1 Å². The Morgan fingerprint density at radius 3 is 2.71 bits per heavy atom. The van der Waals surface area contributed by atoms with E-state index < -0.39 is 0 Å². The summed E-state index contributed by atoms with van der Waals surface area (Å²) in [5.74, 6) is 3.13. The van der Waals surface area contributed by atoms with Crippen LogP contribution < -0.4 is 10.1 Å². The third-order valence-corrected chi connectivity index (χ3v) is 3.90. The Hall–Kier alpha value is -1.26. The molecule has 0 atom stereocenters. The molecule has 0 unspecified atom stereocenters. The van der Waals surface area contributed by atoms with Gasteiger partial charge in [-0.25, -0.2) is 0 Å². The fraction of sp³-hybridized carbons (Fsp3) is 0.412. The highest BCUT2D eigenvalue weighted by molar-refractivity contribution is 9.10. The molecule has 0 aliphatic carbocycles. The first-order valence-electron chi connectivity index (χ1n) is 7.16. The van der Waals surface area contributed by atoms with Gasteiger partial charge >= 0.3 is 0 Å². The van der Waals surface area contributed by atoms with E-state index in [9.17, 15) is 0 Å². The van der Waals surface area contributed by atoms with Crippen molar-refractivity contribution in [1.29, 1.82) is 0 Å². The van der Waals surface area contributed by atoms with Crippen LogP contribution >= 0.6 is 15.9 Å². The van der Waals surface area contributed by atoms with Crippen LogP contribution in [0.1, 0.15) is 42.4 Å². The molecule has 0 spiro atoms. The predicted octanol–water partition coefficient (Wildman–Crippen LogP) is 4.77. The fourth-order valence-corrected chi connectivity index (χ4v) is 2.65. The van der Waals surface area contributed by atoms with Gasteiger partial charge in [0.15, 0.2) is 0 Å². The van der Waals surface area contributed by atoms with Crippen LogP contribution in [0.3, 0.4) is 0 Å². The van der Waals surface area contributed by atoms with Crippen LogP contribution in [0.5, 0.6) is 5.75 Å². The number of nitrogens with one attached hydrogen (secondary N) is 1. The average Bonchev–Trinajstić information content (AvgIpc) is 2.78. The summed E-state index contributed by atoms with van der Waals surface area (Å²) in [5.41, 5.74) is 2.37. The van der Waals surface area contributed by atoms with Crippen molar-refractivity contribution in [2.75, 3.05) is 7.05 Å². The minimum atomic E-state index is 0.413. The van der Waals surface area contributed by atoms with E-state index in [0.29, 0.717) is 12.5 Å². The van der Waals surface area contributed by atoms with Gasteiger partial charge in [-0.1, -0.05) is 29.8 Å². The molecule has 0 radical (unpaired) electrons. The highest BCUT2D eigenvalue weighted by Gasteiger charge is 2.11. The van der Waals surface area contributed by atoms with Crippen molar-refractivity contribution >= 4 is 15.9 Å². The van der Waals surface area contributed by atoms with Crippen molar-refractivity contribution in [3.05, 3.63) is 51.4 Å². The molecule has 2 rings (SSSR count). The molecule has 4 heteroatoms. The van der Waals surface area contributed by atoms with Gasteiger partial charge in [-0.05, 0) is 49.7 Å². The summed E-state index contributed by atoms with van der Waals surface area (Å²) < 4.78 is 12.8. The van der Waals surface area contributed by atoms with Crippen LogP contribution in [0.15, 0.2) is 33.2 Å². The zero-order valence-corrected chi connectivity index (χ0v) is 14.6. The van der Waals surface area contributed by atoms with E-state index >= 15 is 0 Å². The lowest BCUT2D eigenvalue weighted by Gasteiger charge is -2.13. The van der Waals surface area contributed by atoms with Crippen molar-refractivity contribution in [1.82, 2.24) is 5.32 Å². The number of benzene rings is 1. The summed E-state index contributed by atoms with van der Waals surface area (Å²) in [5, 5.41) is 3.14. The first kappa shape index (κ1) is 16.1. The maximum Gasteiger partial charge on any atom is 0.146 e. The number of rotatable bonds is 6. The van der Waals surface area contributed by atoms with E-state index in [1.165, 1.54) is 11.1 Å². The average molecular weight is 352 g/mol. The molecule has 1 N–H and O–H groups in total. The summed E-state index contributed by atoms with van der Waals surface area (Å²) in [6.07, 6.45) is 0. The molecule has 0 aliphatic heterocycles. The summed E-state index contributed by atoms with van der Waals surface area (Å²) in [4.78, 5) is 0.